The molecule has 1 aliphatic heterocycles. The fourth-order valence-electron chi connectivity index (χ4n) is 2.41. The lowest BCUT2D eigenvalue weighted by Crippen LogP contribution is -2.39. The molecule has 2 rings (SSSR count). The van der Waals surface area contributed by atoms with Gasteiger partial charge in [-0.1, -0.05) is 24.3 Å². The van der Waals surface area contributed by atoms with Crippen LogP contribution in [0.3, 0.4) is 0 Å². The van der Waals surface area contributed by atoms with Crippen LogP contribution < -0.4 is 0 Å². The lowest BCUT2D eigenvalue weighted by molar-refractivity contribution is -0.163. The molecular weight excluding hydrogens is 312 g/mol. The summed E-state index contributed by atoms with van der Waals surface area (Å²) in [6.07, 6.45) is 1.81. The highest BCUT2D eigenvalue weighted by molar-refractivity contribution is 5.94. The van der Waals surface area contributed by atoms with E-state index in [0.29, 0.717) is 5.56 Å². The summed E-state index contributed by atoms with van der Waals surface area (Å²) in [5.41, 5.74) is 1.39. The molecule has 0 saturated carbocycles. The van der Waals surface area contributed by atoms with E-state index in [2.05, 4.69) is 0 Å². The van der Waals surface area contributed by atoms with Gasteiger partial charge in [-0.25, -0.2) is 0 Å². The van der Waals surface area contributed by atoms with Gasteiger partial charge in [-0.3, -0.25) is 14.4 Å². The number of carbonyl (C=O) groups is 3. The van der Waals surface area contributed by atoms with Gasteiger partial charge in [0.05, 0.1) is 0 Å². The molecule has 0 radical (unpaired) electrons. The quantitative estimate of drug-likeness (QED) is 0.468. The van der Waals surface area contributed by atoms with E-state index < -0.39 is 30.3 Å². The molecule has 0 saturated heterocycles. The zero-order chi connectivity index (χ0) is 17.7. The lowest BCUT2D eigenvalue weighted by atomic mass is 10.0. The minimum absolute atomic E-state index is 0.0273. The van der Waals surface area contributed by atoms with Gasteiger partial charge in [0.2, 0.25) is 0 Å². The normalized spacial score (nSPS) is 22.7. The van der Waals surface area contributed by atoms with Crippen LogP contribution in [0.15, 0.2) is 36.4 Å². The predicted octanol–water partition coefficient (Wildman–Crippen LogP) is 2.38. The monoisotopic (exact) mass is 332 g/mol. The fourth-order valence-corrected chi connectivity index (χ4v) is 2.41. The van der Waals surface area contributed by atoms with Crippen molar-refractivity contribution in [3.8, 4) is 0 Å². The van der Waals surface area contributed by atoms with Crippen molar-refractivity contribution in [2.75, 3.05) is 6.61 Å². The van der Waals surface area contributed by atoms with Gasteiger partial charge in [0.25, 0.3) is 0 Å². The first kappa shape index (κ1) is 17.9. The van der Waals surface area contributed by atoms with E-state index in [1.54, 1.807) is 30.4 Å². The molecule has 0 aliphatic carbocycles. The molecule has 0 spiro atoms. The molecule has 1 heterocycles. The van der Waals surface area contributed by atoms with Crippen LogP contribution in [0.25, 0.3) is 0 Å². The molecular formula is C18H20O6. The van der Waals surface area contributed by atoms with Crippen LogP contribution in [0.4, 0.5) is 0 Å². The lowest BCUT2D eigenvalue weighted by Gasteiger charge is -2.31. The van der Waals surface area contributed by atoms with E-state index in [4.69, 9.17) is 14.2 Å². The van der Waals surface area contributed by atoms with Gasteiger partial charge in [0.15, 0.2) is 5.78 Å². The van der Waals surface area contributed by atoms with Crippen LogP contribution >= 0.6 is 0 Å². The molecule has 3 atom stereocenters. The summed E-state index contributed by atoms with van der Waals surface area (Å²) >= 11 is 0. The second kappa shape index (κ2) is 7.88. The van der Waals surface area contributed by atoms with Crippen molar-refractivity contribution in [2.24, 2.45) is 0 Å². The number of rotatable bonds is 5. The number of ether oxygens (including phenoxy) is 3. The first-order chi connectivity index (χ1) is 11.4. The molecule has 0 fully saturated rings. The van der Waals surface area contributed by atoms with Gasteiger partial charge in [-0.05, 0) is 24.6 Å². The third-order valence-electron chi connectivity index (χ3n) is 3.54. The smallest absolute Gasteiger partial charge is 0.303 e. The van der Waals surface area contributed by atoms with E-state index in [9.17, 15) is 14.4 Å². The van der Waals surface area contributed by atoms with Crippen molar-refractivity contribution >= 4 is 17.7 Å². The highest BCUT2D eigenvalue weighted by atomic mass is 16.6. The Labute approximate surface area is 140 Å². The molecule has 24 heavy (non-hydrogen) atoms. The Morgan fingerprint density at radius 1 is 1.08 bits per heavy atom. The number of Topliss-reactive ketones (excluding diaryl/α,β-unsaturated/α-hetero) is 1. The van der Waals surface area contributed by atoms with E-state index in [1.165, 1.54) is 20.8 Å². The number of benzene rings is 1. The minimum atomic E-state index is -0.630. The van der Waals surface area contributed by atoms with Crippen LogP contribution in [0.1, 0.15) is 42.8 Å². The van der Waals surface area contributed by atoms with Crippen LogP contribution in [-0.4, -0.2) is 36.5 Å². The minimum Gasteiger partial charge on any atom is -0.463 e. The number of ketones is 1. The first-order valence-electron chi connectivity index (χ1n) is 7.62. The zero-order valence-corrected chi connectivity index (χ0v) is 13.9. The van der Waals surface area contributed by atoms with Gasteiger partial charge < -0.3 is 14.2 Å². The highest BCUT2D eigenvalue weighted by Crippen LogP contribution is 2.28. The Morgan fingerprint density at radius 2 is 1.83 bits per heavy atom. The molecule has 1 aromatic carbocycles. The summed E-state index contributed by atoms with van der Waals surface area (Å²) in [5, 5.41) is 0. The molecule has 6 nitrogen and oxygen atoms in total. The Balaban J connectivity index is 2.20. The van der Waals surface area contributed by atoms with Gasteiger partial charge in [0, 0.05) is 19.4 Å². The maximum Gasteiger partial charge on any atom is 0.303 e. The summed E-state index contributed by atoms with van der Waals surface area (Å²) in [4.78, 5) is 33.8. The second-order valence-corrected chi connectivity index (χ2v) is 5.54. The molecule has 6 heteroatoms. The Morgan fingerprint density at radius 3 is 2.46 bits per heavy atom. The predicted molar refractivity (Wildman–Crippen MR) is 85.4 cm³/mol. The molecule has 1 aliphatic rings. The number of carbonyl (C=O) groups excluding carboxylic acids is 3. The van der Waals surface area contributed by atoms with Gasteiger partial charge in [0.1, 0.15) is 24.9 Å². The summed E-state index contributed by atoms with van der Waals surface area (Å²) in [7, 11) is 0. The molecule has 1 aromatic rings. The van der Waals surface area contributed by atoms with E-state index in [0.717, 1.165) is 5.56 Å². The first-order valence-corrected chi connectivity index (χ1v) is 7.62. The Kier molecular flexibility index (Phi) is 5.87. The average molecular weight is 332 g/mol. The van der Waals surface area contributed by atoms with Gasteiger partial charge >= 0.3 is 11.9 Å². The molecule has 0 unspecified atom stereocenters. The number of esters is 2. The van der Waals surface area contributed by atoms with E-state index in [1.807, 2.05) is 6.07 Å². The Hall–Kier alpha value is -2.47. The SMILES string of the molecule is CC(=O)OC[C@H]1O[C@H](c2cccc(C(C)=O)c2)C=C[C@H]1OC(C)=O. The van der Waals surface area contributed by atoms with Crippen molar-refractivity contribution in [1.29, 1.82) is 0 Å². The fraction of sp³-hybridized carbons (Fsp3) is 0.389. The molecule has 0 amide bonds. The third-order valence-corrected chi connectivity index (χ3v) is 3.54. The van der Waals surface area contributed by atoms with Crippen molar-refractivity contribution in [1.82, 2.24) is 0 Å². The van der Waals surface area contributed by atoms with Crippen molar-refractivity contribution in [3.63, 3.8) is 0 Å². The van der Waals surface area contributed by atoms with Crippen LogP contribution in [0.2, 0.25) is 0 Å². The zero-order valence-electron chi connectivity index (χ0n) is 13.9. The van der Waals surface area contributed by atoms with E-state index in [-0.39, 0.29) is 12.4 Å². The van der Waals surface area contributed by atoms with Gasteiger partial charge in [-0.2, -0.15) is 0 Å². The molecule has 0 N–H and O–H groups in total. The maximum atomic E-state index is 11.5. The largest absolute Gasteiger partial charge is 0.463 e. The van der Waals surface area contributed by atoms with Crippen molar-refractivity contribution in [2.45, 2.75) is 39.1 Å². The van der Waals surface area contributed by atoms with E-state index >= 15 is 0 Å². The van der Waals surface area contributed by atoms with Crippen molar-refractivity contribution in [3.05, 3.63) is 47.5 Å². The summed E-state index contributed by atoms with van der Waals surface area (Å²) < 4.78 is 16.1. The molecule has 0 aromatic heterocycles. The van der Waals surface area contributed by atoms with Crippen LogP contribution in [0, 0.1) is 0 Å². The average Bonchev–Trinajstić information content (AvgIpc) is 2.53. The topological polar surface area (TPSA) is 78.9 Å². The number of hydrogen-bond donors (Lipinski definition) is 0. The highest BCUT2D eigenvalue weighted by Gasteiger charge is 2.31. The van der Waals surface area contributed by atoms with Crippen LogP contribution in [0.5, 0.6) is 0 Å². The van der Waals surface area contributed by atoms with Crippen LogP contribution in [-0.2, 0) is 23.8 Å². The summed E-state index contributed by atoms with van der Waals surface area (Å²) in [6, 6.07) is 7.11. The second-order valence-electron chi connectivity index (χ2n) is 5.54. The third kappa shape index (κ3) is 4.76. The van der Waals surface area contributed by atoms with Crippen molar-refractivity contribution < 1.29 is 28.6 Å². The molecule has 0 bridgehead atoms. The summed E-state index contributed by atoms with van der Waals surface area (Å²) in [6.45, 7) is 4.07. The summed E-state index contributed by atoms with van der Waals surface area (Å²) in [5.74, 6) is -0.922. The standard InChI is InChI=1S/C18H20O6/c1-11(19)14-5-4-6-15(9-14)16-7-8-17(23-13(3)21)18(24-16)10-22-12(2)20/h4-9,16-18H,10H2,1-3H3/t16-,17+,18+/m0/s1. The Bertz CT molecular complexity index is 663. The molecule has 128 valence electrons. The number of hydrogen-bond acceptors (Lipinski definition) is 6. The maximum absolute atomic E-state index is 11.5. The van der Waals surface area contributed by atoms with Gasteiger partial charge in [-0.15, -0.1) is 0 Å².